The zero-order chi connectivity index (χ0) is 26.6. The second-order valence-corrected chi connectivity index (χ2v) is 9.43. The number of hydrogen-bond acceptors (Lipinski definition) is 9. The monoisotopic (exact) mass is 513 g/mol. The Morgan fingerprint density at radius 3 is 2.89 bits per heavy atom. The summed E-state index contributed by atoms with van der Waals surface area (Å²) in [5.74, 6) is 0.670. The minimum absolute atomic E-state index is 0.290. The molecule has 4 aromatic rings. The lowest BCUT2D eigenvalue weighted by molar-refractivity contribution is -0.111. The molecule has 0 spiro atoms. The number of nitrogens with zero attached hydrogens (tertiary/aromatic N) is 5. The van der Waals surface area contributed by atoms with Crippen molar-refractivity contribution in [1.82, 2.24) is 20.0 Å². The molecule has 0 aliphatic carbocycles. The van der Waals surface area contributed by atoms with E-state index in [4.69, 9.17) is 9.26 Å². The molecule has 2 N–H and O–H groups in total. The van der Waals surface area contributed by atoms with Crippen LogP contribution in [-0.2, 0) is 4.79 Å². The van der Waals surface area contributed by atoms with Gasteiger partial charge in [0.2, 0.25) is 11.9 Å². The second-order valence-electron chi connectivity index (χ2n) is 9.43. The quantitative estimate of drug-likeness (QED) is 0.308. The number of para-hydroxylation sites is 1. The van der Waals surface area contributed by atoms with Crippen LogP contribution in [0.4, 0.5) is 23.0 Å². The van der Waals surface area contributed by atoms with Crippen molar-refractivity contribution in [2.45, 2.75) is 18.9 Å². The van der Waals surface area contributed by atoms with E-state index in [9.17, 15) is 4.79 Å². The third-order valence-corrected chi connectivity index (χ3v) is 6.55. The number of rotatable bonds is 9. The molecule has 10 heteroatoms. The zero-order valence-corrected chi connectivity index (χ0v) is 21.8. The van der Waals surface area contributed by atoms with E-state index in [-0.39, 0.29) is 5.91 Å². The molecule has 1 fully saturated rings. The van der Waals surface area contributed by atoms with Crippen LogP contribution in [0.2, 0.25) is 0 Å². The van der Waals surface area contributed by atoms with Gasteiger partial charge in [0, 0.05) is 31.4 Å². The summed E-state index contributed by atoms with van der Waals surface area (Å²) < 4.78 is 11.2. The average molecular weight is 514 g/mol. The fraction of sp³-hybridized carbons (Fsp3) is 0.286. The highest BCUT2D eigenvalue weighted by molar-refractivity contribution is 6.02. The molecule has 3 heterocycles. The molecule has 0 radical (unpaired) electrons. The first kappa shape index (κ1) is 25.2. The van der Waals surface area contributed by atoms with Gasteiger partial charge in [0.1, 0.15) is 11.4 Å². The minimum atomic E-state index is -0.290. The lowest BCUT2D eigenvalue weighted by atomic mass is 10.1. The fourth-order valence-electron chi connectivity index (χ4n) is 4.86. The maximum atomic E-state index is 12.4. The Balaban J connectivity index is 1.51. The number of methoxy groups -OCH3 is 1. The predicted molar refractivity (Wildman–Crippen MR) is 149 cm³/mol. The SMILES string of the molecule is C=CC(=O)Nc1cc(Nc2nccc(-c3noc4ccccc34)n2)c(OC)cc1N1CCCC1CN(C)C. The summed E-state index contributed by atoms with van der Waals surface area (Å²) in [6.45, 7) is 5.41. The summed E-state index contributed by atoms with van der Waals surface area (Å²) in [7, 11) is 5.76. The minimum Gasteiger partial charge on any atom is -0.494 e. The molecule has 5 rings (SSSR count). The Bertz CT molecular complexity index is 1470. The van der Waals surface area contributed by atoms with Gasteiger partial charge in [0.05, 0.1) is 35.3 Å². The molecule has 1 aliphatic heterocycles. The molecule has 0 bridgehead atoms. The molecule has 0 saturated carbocycles. The van der Waals surface area contributed by atoms with Crippen molar-refractivity contribution in [2.24, 2.45) is 0 Å². The summed E-state index contributed by atoms with van der Waals surface area (Å²) in [6.07, 6.45) is 5.07. The number of aromatic nitrogens is 3. The van der Waals surface area contributed by atoms with Gasteiger partial charge >= 0.3 is 0 Å². The first-order chi connectivity index (χ1) is 18.5. The number of fused-ring (bicyclic) bond motifs is 1. The Morgan fingerprint density at radius 2 is 2.11 bits per heavy atom. The first-order valence-electron chi connectivity index (χ1n) is 12.5. The highest BCUT2D eigenvalue weighted by Crippen LogP contribution is 2.41. The summed E-state index contributed by atoms with van der Waals surface area (Å²) in [5.41, 5.74) is 4.10. The molecular formula is C28H31N7O3. The van der Waals surface area contributed by atoms with E-state index >= 15 is 0 Å². The van der Waals surface area contributed by atoms with Crippen LogP contribution < -0.4 is 20.3 Å². The third-order valence-electron chi connectivity index (χ3n) is 6.55. The Labute approximate surface area is 221 Å². The molecule has 38 heavy (non-hydrogen) atoms. The van der Waals surface area contributed by atoms with E-state index in [1.165, 1.54) is 6.08 Å². The number of benzene rings is 2. The highest BCUT2D eigenvalue weighted by Gasteiger charge is 2.28. The summed E-state index contributed by atoms with van der Waals surface area (Å²) in [4.78, 5) is 25.9. The van der Waals surface area contributed by atoms with Crippen molar-refractivity contribution >= 4 is 39.9 Å². The largest absolute Gasteiger partial charge is 0.494 e. The second kappa shape index (κ2) is 10.9. The Morgan fingerprint density at radius 1 is 1.26 bits per heavy atom. The van der Waals surface area contributed by atoms with Gasteiger partial charge in [-0.2, -0.15) is 0 Å². The van der Waals surface area contributed by atoms with Crippen LogP contribution in [0.1, 0.15) is 12.8 Å². The van der Waals surface area contributed by atoms with E-state index in [0.29, 0.717) is 46.1 Å². The van der Waals surface area contributed by atoms with Crippen LogP contribution in [0.15, 0.2) is 65.8 Å². The van der Waals surface area contributed by atoms with E-state index in [1.807, 2.05) is 36.4 Å². The number of carbonyl (C=O) groups excluding carboxylic acids is 1. The molecule has 1 unspecified atom stereocenters. The van der Waals surface area contributed by atoms with Gasteiger partial charge in [0.25, 0.3) is 0 Å². The van der Waals surface area contributed by atoms with Crippen molar-refractivity contribution in [1.29, 1.82) is 0 Å². The third kappa shape index (κ3) is 5.16. The molecule has 1 saturated heterocycles. The van der Waals surface area contributed by atoms with E-state index < -0.39 is 0 Å². The van der Waals surface area contributed by atoms with Crippen molar-refractivity contribution in [3.8, 4) is 17.1 Å². The lowest BCUT2D eigenvalue weighted by Gasteiger charge is -2.31. The van der Waals surface area contributed by atoms with Gasteiger partial charge in [-0.1, -0.05) is 23.9 Å². The average Bonchev–Trinajstić information content (AvgIpc) is 3.56. The van der Waals surface area contributed by atoms with E-state index in [1.54, 1.807) is 19.4 Å². The number of amides is 1. The highest BCUT2D eigenvalue weighted by atomic mass is 16.5. The van der Waals surface area contributed by atoms with Gasteiger partial charge in [-0.05, 0) is 57.3 Å². The molecule has 1 aliphatic rings. The number of likely N-dealkylation sites (N-methyl/N-ethyl adjacent to an activating group) is 1. The number of nitrogens with one attached hydrogen (secondary N) is 2. The predicted octanol–water partition coefficient (Wildman–Crippen LogP) is 4.69. The van der Waals surface area contributed by atoms with Crippen LogP contribution in [-0.4, -0.2) is 66.3 Å². The molecule has 2 aromatic heterocycles. The van der Waals surface area contributed by atoms with Crippen LogP contribution in [0.5, 0.6) is 5.75 Å². The number of hydrogen-bond donors (Lipinski definition) is 2. The van der Waals surface area contributed by atoms with Gasteiger partial charge < -0.3 is 29.7 Å². The van der Waals surface area contributed by atoms with Crippen molar-refractivity contribution in [3.05, 3.63) is 61.3 Å². The summed E-state index contributed by atoms with van der Waals surface area (Å²) >= 11 is 0. The molecule has 196 valence electrons. The molecule has 1 amide bonds. The summed E-state index contributed by atoms with van der Waals surface area (Å²) in [6, 6.07) is 13.5. The maximum Gasteiger partial charge on any atom is 0.247 e. The van der Waals surface area contributed by atoms with Crippen LogP contribution in [0.25, 0.3) is 22.4 Å². The number of carbonyl (C=O) groups is 1. The zero-order valence-electron chi connectivity index (χ0n) is 21.8. The first-order valence-corrected chi connectivity index (χ1v) is 12.5. The Hall–Kier alpha value is -4.44. The molecule has 2 aromatic carbocycles. The molecule has 10 nitrogen and oxygen atoms in total. The van der Waals surface area contributed by atoms with Gasteiger partial charge in [-0.25, -0.2) is 9.97 Å². The van der Waals surface area contributed by atoms with E-state index in [0.717, 1.165) is 37.0 Å². The van der Waals surface area contributed by atoms with Gasteiger partial charge in [0.15, 0.2) is 5.58 Å². The molecule has 1 atom stereocenters. The Kier molecular flexibility index (Phi) is 7.23. The van der Waals surface area contributed by atoms with Gasteiger partial charge in [-0.3, -0.25) is 4.79 Å². The van der Waals surface area contributed by atoms with Crippen molar-refractivity contribution < 1.29 is 14.1 Å². The normalized spacial score (nSPS) is 15.2. The van der Waals surface area contributed by atoms with E-state index in [2.05, 4.69) is 56.2 Å². The number of ether oxygens (including phenoxy) is 1. The standard InChI is InChI=1S/C28H31N7O3/c1-5-26(36)30-21-15-22(25(37-4)16-23(21)35-14-8-9-18(35)17-34(2)3)32-28-29-13-12-20(31-28)27-19-10-6-7-11-24(19)38-33-27/h5-7,10-13,15-16,18H,1,8-9,14,17H2,2-4H3,(H,30,36)(H,29,31,32). The fourth-order valence-corrected chi connectivity index (χ4v) is 4.86. The summed E-state index contributed by atoms with van der Waals surface area (Å²) in [5, 5.41) is 11.3. The maximum absolute atomic E-state index is 12.4. The van der Waals surface area contributed by atoms with Crippen LogP contribution in [0, 0.1) is 0 Å². The number of anilines is 4. The van der Waals surface area contributed by atoms with Crippen LogP contribution >= 0.6 is 0 Å². The molecular weight excluding hydrogens is 482 g/mol. The lowest BCUT2D eigenvalue weighted by Crippen LogP contribution is -2.38. The van der Waals surface area contributed by atoms with Crippen molar-refractivity contribution in [2.75, 3.05) is 49.8 Å². The smallest absolute Gasteiger partial charge is 0.247 e. The van der Waals surface area contributed by atoms with Crippen LogP contribution in [0.3, 0.4) is 0 Å². The topological polar surface area (TPSA) is 109 Å². The van der Waals surface area contributed by atoms with Gasteiger partial charge in [-0.15, -0.1) is 0 Å². The van der Waals surface area contributed by atoms with Crippen molar-refractivity contribution in [3.63, 3.8) is 0 Å².